The highest BCUT2D eigenvalue weighted by Gasteiger charge is 2.32. The molecule has 94 valence electrons. The number of aliphatic carboxylic acids is 1. The van der Waals surface area contributed by atoms with E-state index < -0.39 is 11.5 Å². The second-order valence-corrected chi connectivity index (χ2v) is 4.58. The van der Waals surface area contributed by atoms with Gasteiger partial charge in [0.25, 0.3) is 0 Å². The van der Waals surface area contributed by atoms with Gasteiger partial charge in [-0.05, 0) is 46.2 Å². The molecule has 3 nitrogen and oxygen atoms in total. The van der Waals surface area contributed by atoms with E-state index in [1.807, 2.05) is 17.9 Å². The summed E-state index contributed by atoms with van der Waals surface area (Å²) in [4.78, 5) is 13.1. The molecule has 0 bridgehead atoms. The molecule has 0 fully saturated rings. The first-order valence-corrected chi connectivity index (χ1v) is 6.06. The van der Waals surface area contributed by atoms with Crippen molar-refractivity contribution in [2.45, 2.75) is 52.0 Å². The van der Waals surface area contributed by atoms with E-state index in [-0.39, 0.29) is 0 Å². The standard InChI is InChI=1S/C13H25NO2/c1-5-7-8-9-10-11-14(6-2)13(3,4)12(15)16/h5H,1,6-11H2,2-4H3,(H,15,16). The van der Waals surface area contributed by atoms with E-state index in [4.69, 9.17) is 5.11 Å². The highest BCUT2D eigenvalue weighted by atomic mass is 16.4. The lowest BCUT2D eigenvalue weighted by Gasteiger charge is -2.34. The number of hydrogen-bond donors (Lipinski definition) is 1. The van der Waals surface area contributed by atoms with Gasteiger partial charge in [-0.1, -0.05) is 19.4 Å². The minimum absolute atomic E-state index is 0.750. The maximum absolute atomic E-state index is 11.1. The molecular weight excluding hydrogens is 202 g/mol. The zero-order valence-corrected chi connectivity index (χ0v) is 10.8. The number of nitrogens with zero attached hydrogens (tertiary/aromatic N) is 1. The minimum atomic E-state index is -0.757. The molecule has 0 saturated heterocycles. The first kappa shape index (κ1) is 15.2. The maximum Gasteiger partial charge on any atom is 0.323 e. The van der Waals surface area contributed by atoms with Crippen LogP contribution < -0.4 is 0 Å². The molecule has 0 spiro atoms. The van der Waals surface area contributed by atoms with Crippen LogP contribution in [0.2, 0.25) is 0 Å². The van der Waals surface area contributed by atoms with Crippen molar-refractivity contribution in [3.63, 3.8) is 0 Å². The molecular formula is C13H25NO2. The summed E-state index contributed by atoms with van der Waals surface area (Å²) in [6.07, 6.45) is 6.32. The van der Waals surface area contributed by atoms with Crippen molar-refractivity contribution in [3.05, 3.63) is 12.7 Å². The largest absolute Gasteiger partial charge is 0.480 e. The van der Waals surface area contributed by atoms with Gasteiger partial charge in [0.1, 0.15) is 5.54 Å². The SMILES string of the molecule is C=CCCCCCN(CC)C(C)(C)C(=O)O. The third kappa shape index (κ3) is 4.79. The number of likely N-dealkylation sites (N-methyl/N-ethyl adjacent to an activating group) is 1. The van der Waals surface area contributed by atoms with Gasteiger partial charge in [0, 0.05) is 0 Å². The van der Waals surface area contributed by atoms with Crippen molar-refractivity contribution in [2.24, 2.45) is 0 Å². The molecule has 0 aliphatic rings. The van der Waals surface area contributed by atoms with E-state index in [1.165, 1.54) is 0 Å². The van der Waals surface area contributed by atoms with E-state index in [0.717, 1.165) is 38.8 Å². The van der Waals surface area contributed by atoms with Crippen molar-refractivity contribution in [1.29, 1.82) is 0 Å². The summed E-state index contributed by atoms with van der Waals surface area (Å²) >= 11 is 0. The van der Waals surface area contributed by atoms with E-state index in [2.05, 4.69) is 6.58 Å². The number of rotatable bonds is 9. The molecule has 0 unspecified atom stereocenters. The van der Waals surface area contributed by atoms with E-state index in [9.17, 15) is 4.79 Å². The zero-order valence-electron chi connectivity index (χ0n) is 10.8. The van der Waals surface area contributed by atoms with Gasteiger partial charge in [0.15, 0.2) is 0 Å². The summed E-state index contributed by atoms with van der Waals surface area (Å²) in [6.45, 7) is 10.9. The lowest BCUT2D eigenvalue weighted by molar-refractivity contribution is -0.149. The summed E-state index contributed by atoms with van der Waals surface area (Å²) in [5.41, 5.74) is -0.757. The fraction of sp³-hybridized carbons (Fsp3) is 0.769. The quantitative estimate of drug-likeness (QED) is 0.486. The average Bonchev–Trinajstić information content (AvgIpc) is 2.22. The summed E-state index contributed by atoms with van der Waals surface area (Å²) in [5.74, 6) is -0.750. The van der Waals surface area contributed by atoms with Gasteiger partial charge in [0.2, 0.25) is 0 Å². The Morgan fingerprint density at radius 1 is 1.38 bits per heavy atom. The van der Waals surface area contributed by atoms with Gasteiger partial charge >= 0.3 is 5.97 Å². The Labute approximate surface area is 99.1 Å². The van der Waals surface area contributed by atoms with Gasteiger partial charge in [0.05, 0.1) is 0 Å². The topological polar surface area (TPSA) is 40.5 Å². The van der Waals surface area contributed by atoms with Crippen molar-refractivity contribution in [1.82, 2.24) is 4.90 Å². The van der Waals surface area contributed by atoms with Gasteiger partial charge in [-0.15, -0.1) is 6.58 Å². The maximum atomic E-state index is 11.1. The molecule has 0 aliphatic carbocycles. The van der Waals surface area contributed by atoms with Crippen molar-refractivity contribution in [3.8, 4) is 0 Å². The third-order valence-corrected chi connectivity index (χ3v) is 3.03. The van der Waals surface area contributed by atoms with E-state index in [1.54, 1.807) is 13.8 Å². The molecule has 0 radical (unpaired) electrons. The number of carboxylic acid groups (broad SMARTS) is 1. The predicted molar refractivity (Wildman–Crippen MR) is 67.6 cm³/mol. The summed E-state index contributed by atoms with van der Waals surface area (Å²) in [5, 5.41) is 9.13. The van der Waals surface area contributed by atoms with Crippen LogP contribution in [0, 0.1) is 0 Å². The lowest BCUT2D eigenvalue weighted by Crippen LogP contribution is -2.50. The van der Waals surface area contributed by atoms with E-state index in [0.29, 0.717) is 0 Å². The summed E-state index contributed by atoms with van der Waals surface area (Å²) in [6, 6.07) is 0. The Kier molecular flexibility index (Phi) is 7.06. The first-order valence-electron chi connectivity index (χ1n) is 6.06. The number of carbonyl (C=O) groups is 1. The monoisotopic (exact) mass is 227 g/mol. The van der Waals surface area contributed by atoms with Crippen molar-refractivity contribution >= 4 is 5.97 Å². The van der Waals surface area contributed by atoms with Crippen molar-refractivity contribution < 1.29 is 9.90 Å². The molecule has 0 atom stereocenters. The molecule has 0 saturated carbocycles. The second-order valence-electron chi connectivity index (χ2n) is 4.58. The fourth-order valence-corrected chi connectivity index (χ4v) is 1.74. The summed E-state index contributed by atoms with van der Waals surface area (Å²) < 4.78 is 0. The molecule has 0 aromatic heterocycles. The number of unbranched alkanes of at least 4 members (excludes halogenated alkanes) is 3. The smallest absolute Gasteiger partial charge is 0.323 e. The van der Waals surface area contributed by atoms with Crippen LogP contribution in [-0.4, -0.2) is 34.6 Å². The van der Waals surface area contributed by atoms with Crippen LogP contribution >= 0.6 is 0 Å². The minimum Gasteiger partial charge on any atom is -0.480 e. The molecule has 0 amide bonds. The Balaban J connectivity index is 4.01. The van der Waals surface area contributed by atoms with Crippen LogP contribution in [0.4, 0.5) is 0 Å². The molecule has 0 aromatic rings. The molecule has 1 N–H and O–H groups in total. The van der Waals surface area contributed by atoms with Crippen LogP contribution in [0.5, 0.6) is 0 Å². The second kappa shape index (κ2) is 7.44. The highest BCUT2D eigenvalue weighted by molar-refractivity contribution is 5.77. The molecule has 0 rings (SSSR count). The Hall–Kier alpha value is -0.830. The third-order valence-electron chi connectivity index (χ3n) is 3.03. The van der Waals surface area contributed by atoms with Crippen LogP contribution in [0.15, 0.2) is 12.7 Å². The van der Waals surface area contributed by atoms with Crippen LogP contribution in [0.1, 0.15) is 46.5 Å². The average molecular weight is 227 g/mol. The van der Waals surface area contributed by atoms with Crippen molar-refractivity contribution in [2.75, 3.05) is 13.1 Å². The zero-order chi connectivity index (χ0) is 12.6. The predicted octanol–water partition coefficient (Wildman–Crippen LogP) is 2.92. The molecule has 16 heavy (non-hydrogen) atoms. The van der Waals surface area contributed by atoms with Gasteiger partial charge in [-0.3, -0.25) is 9.69 Å². The molecule has 0 heterocycles. The first-order chi connectivity index (χ1) is 7.46. The molecule has 3 heteroatoms. The molecule has 0 aromatic carbocycles. The fourth-order valence-electron chi connectivity index (χ4n) is 1.74. The Morgan fingerprint density at radius 2 is 2.00 bits per heavy atom. The Bertz CT molecular complexity index is 224. The van der Waals surface area contributed by atoms with Gasteiger partial charge in [-0.25, -0.2) is 0 Å². The van der Waals surface area contributed by atoms with Gasteiger partial charge < -0.3 is 5.11 Å². The van der Waals surface area contributed by atoms with Crippen LogP contribution in [-0.2, 0) is 4.79 Å². The van der Waals surface area contributed by atoms with E-state index >= 15 is 0 Å². The van der Waals surface area contributed by atoms with Crippen LogP contribution in [0.25, 0.3) is 0 Å². The normalized spacial score (nSPS) is 11.8. The highest BCUT2D eigenvalue weighted by Crippen LogP contribution is 2.15. The number of hydrogen-bond acceptors (Lipinski definition) is 2. The lowest BCUT2D eigenvalue weighted by atomic mass is 10.0. The number of allylic oxidation sites excluding steroid dienone is 1. The number of carboxylic acids is 1. The Morgan fingerprint density at radius 3 is 2.44 bits per heavy atom. The van der Waals surface area contributed by atoms with Gasteiger partial charge in [-0.2, -0.15) is 0 Å². The summed E-state index contributed by atoms with van der Waals surface area (Å²) in [7, 11) is 0. The molecule has 0 aliphatic heterocycles. The van der Waals surface area contributed by atoms with Crippen LogP contribution in [0.3, 0.4) is 0 Å².